The molecule has 1 heterocycles. The molecule has 4 atom stereocenters. The number of ether oxygens (including phenoxy) is 1. The Bertz CT molecular complexity index is 1270. The van der Waals surface area contributed by atoms with E-state index in [4.69, 9.17) is 27.9 Å². The molecule has 2 fully saturated rings. The lowest BCUT2D eigenvalue weighted by atomic mass is 9.89. The van der Waals surface area contributed by atoms with Crippen LogP contribution in [-0.2, 0) is 24.2 Å². The van der Waals surface area contributed by atoms with Crippen LogP contribution in [0.2, 0.25) is 10.0 Å². The van der Waals surface area contributed by atoms with Crippen LogP contribution in [0.15, 0.2) is 48.5 Å². The molecule has 1 saturated carbocycles. The molecule has 9 heteroatoms. The topological polar surface area (TPSA) is 80.8 Å². The number of benzene rings is 2. The van der Waals surface area contributed by atoms with Crippen LogP contribution < -0.4 is 0 Å². The predicted octanol–water partition coefficient (Wildman–Crippen LogP) is 5.97. The number of hydrogen-bond donors (Lipinski definition) is 0. The Morgan fingerprint density at radius 3 is 2.24 bits per heavy atom. The van der Waals surface area contributed by atoms with Gasteiger partial charge in [0.25, 0.3) is 5.91 Å². The maximum Gasteiger partial charge on any atom is 0.253 e. The smallest absolute Gasteiger partial charge is 0.253 e. The Morgan fingerprint density at radius 2 is 1.70 bits per heavy atom. The van der Waals surface area contributed by atoms with E-state index in [2.05, 4.69) is 0 Å². The van der Waals surface area contributed by atoms with Gasteiger partial charge in [0.15, 0.2) is 9.84 Å². The minimum absolute atomic E-state index is 0.0481. The SMILES string of the molecule is CC(=O)C[C@H]1O[C@H](c2cccc(Cl)c2)[C@@H](c2ccc(Cl)cc2)N([C@H](CS(=O)(=O)C(C)(C)C)C2CC2)C1=O. The first-order valence-electron chi connectivity index (χ1n) is 12.5. The zero-order valence-electron chi connectivity index (χ0n) is 21.5. The maximum atomic E-state index is 14.1. The molecule has 1 aliphatic heterocycles. The number of nitrogens with zero attached hydrogens (tertiary/aromatic N) is 1. The van der Waals surface area contributed by atoms with Gasteiger partial charge in [0.1, 0.15) is 18.0 Å². The summed E-state index contributed by atoms with van der Waals surface area (Å²) < 4.78 is 32.3. The van der Waals surface area contributed by atoms with Gasteiger partial charge in [-0.2, -0.15) is 0 Å². The number of hydrogen-bond acceptors (Lipinski definition) is 5. The Morgan fingerprint density at radius 1 is 1.05 bits per heavy atom. The van der Waals surface area contributed by atoms with Crippen LogP contribution in [-0.4, -0.2) is 47.7 Å². The van der Waals surface area contributed by atoms with Gasteiger partial charge in [-0.3, -0.25) is 9.59 Å². The van der Waals surface area contributed by atoms with Crippen molar-refractivity contribution in [2.75, 3.05) is 5.75 Å². The number of Topliss-reactive ketones (excluding diaryl/α,β-unsaturated/α-hetero) is 1. The van der Waals surface area contributed by atoms with Crippen LogP contribution in [0.4, 0.5) is 0 Å². The molecule has 0 radical (unpaired) electrons. The fraction of sp³-hybridized carbons (Fsp3) is 0.500. The summed E-state index contributed by atoms with van der Waals surface area (Å²) in [4.78, 5) is 27.9. The Kier molecular flexibility index (Phi) is 8.11. The largest absolute Gasteiger partial charge is 0.357 e. The lowest BCUT2D eigenvalue weighted by Gasteiger charge is -2.48. The molecule has 6 nitrogen and oxygen atoms in total. The predicted molar refractivity (Wildman–Crippen MR) is 145 cm³/mol. The van der Waals surface area contributed by atoms with Crippen molar-refractivity contribution in [3.8, 4) is 0 Å². The van der Waals surface area contributed by atoms with Crippen molar-refractivity contribution in [2.45, 2.75) is 76.0 Å². The van der Waals surface area contributed by atoms with Gasteiger partial charge in [0, 0.05) is 22.5 Å². The standard InChI is InChI=1S/C28H33Cl2NO5S/c1-17(32)14-24-27(33)31(23(18-8-9-18)16-37(34,35)28(2,3)4)25(19-10-12-21(29)13-11-19)26(36-24)20-6-5-7-22(30)15-20/h5-7,10-13,15,18,23-26H,8-9,14,16H2,1-4H3/t23-,24-,25-,26-/m1/s1. The molecule has 1 aliphatic carbocycles. The molecule has 2 aromatic carbocycles. The lowest BCUT2D eigenvalue weighted by molar-refractivity contribution is -0.181. The molecule has 2 aromatic rings. The third-order valence-electron chi connectivity index (χ3n) is 7.14. The maximum absolute atomic E-state index is 14.1. The van der Waals surface area contributed by atoms with E-state index in [9.17, 15) is 18.0 Å². The van der Waals surface area contributed by atoms with Crippen LogP contribution in [0, 0.1) is 5.92 Å². The van der Waals surface area contributed by atoms with E-state index in [1.165, 1.54) is 6.92 Å². The molecule has 1 saturated heterocycles. The van der Waals surface area contributed by atoms with Crippen molar-refractivity contribution in [1.82, 2.24) is 4.90 Å². The molecule has 4 rings (SSSR count). The van der Waals surface area contributed by atoms with E-state index >= 15 is 0 Å². The highest BCUT2D eigenvalue weighted by molar-refractivity contribution is 7.92. The van der Waals surface area contributed by atoms with Gasteiger partial charge in [0.05, 0.1) is 16.5 Å². The number of carbonyl (C=O) groups excluding carboxylic acids is 2. The minimum atomic E-state index is -3.56. The summed E-state index contributed by atoms with van der Waals surface area (Å²) >= 11 is 12.5. The second-order valence-corrected chi connectivity index (χ2v) is 14.7. The van der Waals surface area contributed by atoms with Crippen molar-refractivity contribution < 1.29 is 22.7 Å². The summed E-state index contributed by atoms with van der Waals surface area (Å²) in [5, 5.41) is 1.05. The van der Waals surface area contributed by atoms with Crippen molar-refractivity contribution >= 4 is 44.7 Å². The normalized spacial score (nSPS) is 23.7. The second kappa shape index (κ2) is 10.7. The molecular formula is C28H33Cl2NO5S. The van der Waals surface area contributed by atoms with Crippen LogP contribution >= 0.6 is 23.2 Å². The van der Waals surface area contributed by atoms with Gasteiger partial charge in [-0.05, 0) is 81.8 Å². The van der Waals surface area contributed by atoms with Crippen molar-refractivity contribution in [2.24, 2.45) is 5.92 Å². The summed E-state index contributed by atoms with van der Waals surface area (Å²) in [5.74, 6) is -0.661. The quantitative estimate of drug-likeness (QED) is 0.393. The number of ketones is 1. The zero-order valence-corrected chi connectivity index (χ0v) is 23.8. The highest BCUT2D eigenvalue weighted by Crippen LogP contribution is 2.48. The van der Waals surface area contributed by atoms with Crippen molar-refractivity contribution in [3.05, 3.63) is 69.7 Å². The molecule has 0 spiro atoms. The number of rotatable bonds is 8. The van der Waals surface area contributed by atoms with Gasteiger partial charge in [-0.15, -0.1) is 0 Å². The molecule has 2 aliphatic rings. The first-order valence-corrected chi connectivity index (χ1v) is 14.9. The molecule has 200 valence electrons. The summed E-state index contributed by atoms with van der Waals surface area (Å²) in [5.41, 5.74) is 1.51. The Balaban J connectivity index is 1.89. The van der Waals surface area contributed by atoms with Crippen LogP contribution in [0.5, 0.6) is 0 Å². The lowest BCUT2D eigenvalue weighted by Crippen LogP contribution is -2.58. The molecular weight excluding hydrogens is 533 g/mol. The molecule has 0 aromatic heterocycles. The number of halogens is 2. The Labute approximate surface area is 229 Å². The number of amides is 1. The van der Waals surface area contributed by atoms with Gasteiger partial charge in [-0.1, -0.05) is 47.5 Å². The first kappa shape index (κ1) is 28.1. The molecule has 1 amide bonds. The average molecular weight is 567 g/mol. The van der Waals surface area contributed by atoms with Gasteiger partial charge < -0.3 is 9.64 Å². The zero-order chi connectivity index (χ0) is 27.1. The van der Waals surface area contributed by atoms with Crippen LogP contribution in [0.1, 0.15) is 70.2 Å². The number of morpholine rings is 1. The Hall–Kier alpha value is -1.93. The average Bonchev–Trinajstić information content (AvgIpc) is 3.64. The molecule has 0 N–H and O–H groups in total. The van der Waals surface area contributed by atoms with E-state index in [0.717, 1.165) is 24.0 Å². The monoisotopic (exact) mass is 565 g/mol. The van der Waals surface area contributed by atoms with Gasteiger partial charge in [0.2, 0.25) is 0 Å². The third-order valence-corrected chi connectivity index (χ3v) is 10.3. The first-order chi connectivity index (χ1) is 17.3. The van der Waals surface area contributed by atoms with E-state index in [1.54, 1.807) is 49.9 Å². The fourth-order valence-corrected chi connectivity index (χ4v) is 6.57. The fourth-order valence-electron chi connectivity index (χ4n) is 4.86. The summed E-state index contributed by atoms with van der Waals surface area (Å²) in [6, 6.07) is 13.2. The van der Waals surface area contributed by atoms with Crippen LogP contribution in [0.25, 0.3) is 0 Å². The number of sulfone groups is 1. The summed E-state index contributed by atoms with van der Waals surface area (Å²) in [6.07, 6.45) is -0.115. The highest BCUT2D eigenvalue weighted by atomic mass is 35.5. The molecule has 0 unspecified atom stereocenters. The number of carbonyl (C=O) groups is 2. The second-order valence-electron chi connectivity index (χ2n) is 11.0. The van der Waals surface area contributed by atoms with Crippen LogP contribution in [0.3, 0.4) is 0 Å². The van der Waals surface area contributed by atoms with Gasteiger partial charge in [-0.25, -0.2) is 8.42 Å². The molecule has 37 heavy (non-hydrogen) atoms. The van der Waals surface area contributed by atoms with Crippen molar-refractivity contribution in [1.29, 1.82) is 0 Å². The third kappa shape index (κ3) is 6.22. The van der Waals surface area contributed by atoms with E-state index in [1.807, 2.05) is 24.3 Å². The van der Waals surface area contributed by atoms with E-state index < -0.39 is 38.9 Å². The van der Waals surface area contributed by atoms with Crippen molar-refractivity contribution in [3.63, 3.8) is 0 Å². The van der Waals surface area contributed by atoms with E-state index in [-0.39, 0.29) is 29.8 Å². The minimum Gasteiger partial charge on any atom is -0.357 e. The summed E-state index contributed by atoms with van der Waals surface area (Å²) in [7, 11) is -3.56. The summed E-state index contributed by atoms with van der Waals surface area (Å²) in [6.45, 7) is 6.45. The van der Waals surface area contributed by atoms with Gasteiger partial charge >= 0.3 is 0 Å². The molecule has 0 bridgehead atoms. The van der Waals surface area contributed by atoms with E-state index in [0.29, 0.717) is 10.0 Å². The highest BCUT2D eigenvalue weighted by Gasteiger charge is 2.52.